The summed E-state index contributed by atoms with van der Waals surface area (Å²) in [7, 11) is -5.12. The Morgan fingerprint density at radius 2 is 1.47 bits per heavy atom. The fourth-order valence-electron chi connectivity index (χ4n) is 3.80. The summed E-state index contributed by atoms with van der Waals surface area (Å²) in [5, 5.41) is 0. The predicted octanol–water partition coefficient (Wildman–Crippen LogP) is 6.38. The van der Waals surface area contributed by atoms with Crippen LogP contribution in [0.4, 0.5) is 0 Å². The summed E-state index contributed by atoms with van der Waals surface area (Å²) < 4.78 is 28.9. The first kappa shape index (κ1) is 24.2. The number of allylic oxidation sites excluding steroid dienone is 1. The fraction of sp³-hybridized carbons (Fsp3) is 0.259. The van der Waals surface area contributed by atoms with Gasteiger partial charge in [-0.3, -0.25) is 0 Å². The molecule has 0 spiro atoms. The molecule has 1 atom stereocenters. The van der Waals surface area contributed by atoms with E-state index in [4.69, 9.17) is 0 Å². The van der Waals surface area contributed by atoms with Crippen LogP contribution in [0.2, 0.25) is 13.1 Å². The Hall–Kier alpha value is -2.47. The summed E-state index contributed by atoms with van der Waals surface area (Å²) in [6.45, 7) is 6.68. The van der Waals surface area contributed by atoms with Crippen LogP contribution in [0.5, 0.6) is 0 Å². The molecule has 5 heteroatoms. The number of hydrogen-bond acceptors (Lipinski definition) is 2. The number of benzene rings is 3. The predicted molar refractivity (Wildman–Crippen MR) is 137 cm³/mol. The molecule has 0 bridgehead atoms. The molecule has 32 heavy (non-hydrogen) atoms. The highest BCUT2D eigenvalue weighted by Crippen LogP contribution is 2.23. The van der Waals surface area contributed by atoms with Crippen LogP contribution >= 0.6 is 0 Å². The fourth-order valence-corrected chi connectivity index (χ4v) is 7.27. The molecule has 0 radical (unpaired) electrons. The molecule has 0 aliphatic rings. The maximum atomic E-state index is 13.0. The van der Waals surface area contributed by atoms with Gasteiger partial charge in [-0.15, -0.1) is 0 Å². The van der Waals surface area contributed by atoms with Gasteiger partial charge in [-0.1, -0.05) is 109 Å². The summed E-state index contributed by atoms with van der Waals surface area (Å²) in [5.74, 6) is 0. The van der Waals surface area contributed by atoms with Crippen molar-refractivity contribution in [2.75, 3.05) is 0 Å². The van der Waals surface area contributed by atoms with E-state index < -0.39 is 18.1 Å². The smallest absolute Gasteiger partial charge is 0.207 e. The molecule has 3 aromatic rings. The highest BCUT2D eigenvalue weighted by atomic mass is 32.2. The normalized spacial score (nSPS) is 13.3. The highest BCUT2D eigenvalue weighted by molar-refractivity contribution is 7.89. The number of hydrogen-bond donors (Lipinski definition) is 1. The summed E-state index contributed by atoms with van der Waals surface area (Å²) in [6.07, 6.45) is 3.77. The van der Waals surface area contributed by atoms with Crippen molar-refractivity contribution >= 4 is 18.1 Å². The van der Waals surface area contributed by atoms with E-state index in [0.717, 1.165) is 23.6 Å². The van der Waals surface area contributed by atoms with Gasteiger partial charge in [-0.05, 0) is 43.5 Å². The second-order valence-corrected chi connectivity index (χ2v) is 15.4. The van der Waals surface area contributed by atoms with Crippen LogP contribution in [0.3, 0.4) is 0 Å². The van der Waals surface area contributed by atoms with Crippen LogP contribution in [0, 0.1) is 6.92 Å². The van der Waals surface area contributed by atoms with Crippen LogP contribution in [-0.4, -0.2) is 16.5 Å². The van der Waals surface area contributed by atoms with Crippen LogP contribution in [-0.2, 0) is 16.1 Å². The zero-order valence-electron chi connectivity index (χ0n) is 19.2. The quantitative estimate of drug-likeness (QED) is 0.355. The molecular formula is C27H33NO2SSi. The number of rotatable bonds is 10. The Bertz CT molecular complexity index is 1110. The number of sulfonamides is 1. The largest absolute Gasteiger partial charge is 0.241 e. The van der Waals surface area contributed by atoms with Crippen LogP contribution in [0.15, 0.2) is 102 Å². The molecule has 3 rings (SSSR count). The van der Waals surface area contributed by atoms with Crippen molar-refractivity contribution in [1.82, 2.24) is 4.72 Å². The van der Waals surface area contributed by atoms with E-state index in [1.54, 1.807) is 12.1 Å². The van der Waals surface area contributed by atoms with Crippen molar-refractivity contribution in [3.8, 4) is 0 Å². The molecule has 0 amide bonds. The third-order valence-electron chi connectivity index (χ3n) is 5.52. The zero-order chi connectivity index (χ0) is 23.0. The Morgan fingerprint density at radius 1 is 0.875 bits per heavy atom. The van der Waals surface area contributed by atoms with E-state index in [0.29, 0.717) is 11.3 Å². The van der Waals surface area contributed by atoms with Gasteiger partial charge in [0.05, 0.1) is 13.0 Å². The third-order valence-corrected chi connectivity index (χ3v) is 9.47. The lowest BCUT2D eigenvalue weighted by molar-refractivity contribution is 0.542. The molecule has 1 N–H and O–H groups in total. The summed E-state index contributed by atoms with van der Waals surface area (Å²) >= 11 is 0. The molecule has 0 saturated carbocycles. The molecule has 0 aliphatic carbocycles. The van der Waals surface area contributed by atoms with Gasteiger partial charge < -0.3 is 0 Å². The first-order valence-electron chi connectivity index (χ1n) is 11.1. The SMILES string of the molecule is Cc1ccc(S(=O)(=O)NC(CC/C=C/[Si](C)(C)Cc2ccccc2)c2ccccc2)cc1. The zero-order valence-corrected chi connectivity index (χ0v) is 21.0. The molecule has 0 heterocycles. The average molecular weight is 464 g/mol. The van der Waals surface area contributed by atoms with Gasteiger partial charge in [0.25, 0.3) is 0 Å². The second-order valence-electron chi connectivity index (χ2n) is 9.03. The van der Waals surface area contributed by atoms with E-state index in [-0.39, 0.29) is 6.04 Å². The lowest BCUT2D eigenvalue weighted by Crippen LogP contribution is -2.29. The van der Waals surface area contributed by atoms with Crippen LogP contribution < -0.4 is 4.72 Å². The number of aryl methyl sites for hydroxylation is 1. The molecule has 168 valence electrons. The molecule has 1 unspecified atom stereocenters. The van der Waals surface area contributed by atoms with Crippen molar-refractivity contribution in [1.29, 1.82) is 0 Å². The first-order chi connectivity index (χ1) is 15.3. The maximum Gasteiger partial charge on any atom is 0.241 e. The Morgan fingerprint density at radius 3 is 2.09 bits per heavy atom. The van der Waals surface area contributed by atoms with E-state index >= 15 is 0 Å². The molecule has 0 aliphatic heterocycles. The van der Waals surface area contributed by atoms with Gasteiger partial charge in [0.2, 0.25) is 10.0 Å². The monoisotopic (exact) mass is 463 g/mol. The summed E-state index contributed by atoms with van der Waals surface area (Å²) in [4.78, 5) is 0.302. The van der Waals surface area contributed by atoms with Crippen molar-refractivity contribution in [2.45, 2.75) is 49.8 Å². The first-order valence-corrected chi connectivity index (χ1v) is 15.9. The van der Waals surface area contributed by atoms with E-state index in [2.05, 4.69) is 59.9 Å². The van der Waals surface area contributed by atoms with E-state index in [9.17, 15) is 8.42 Å². The van der Waals surface area contributed by atoms with Crippen LogP contribution in [0.1, 0.15) is 35.6 Å². The van der Waals surface area contributed by atoms with Gasteiger partial charge in [0.1, 0.15) is 0 Å². The molecule has 0 fully saturated rings. The highest BCUT2D eigenvalue weighted by Gasteiger charge is 2.21. The van der Waals surface area contributed by atoms with Crippen molar-refractivity contribution in [3.63, 3.8) is 0 Å². The molecule has 0 aromatic heterocycles. The van der Waals surface area contributed by atoms with Gasteiger partial charge in [-0.2, -0.15) is 0 Å². The second kappa shape index (κ2) is 10.9. The third kappa shape index (κ3) is 7.30. The maximum absolute atomic E-state index is 13.0. The van der Waals surface area contributed by atoms with Crippen molar-refractivity contribution in [3.05, 3.63) is 113 Å². The van der Waals surface area contributed by atoms with Gasteiger partial charge >= 0.3 is 0 Å². The topological polar surface area (TPSA) is 46.2 Å². The van der Waals surface area contributed by atoms with Crippen LogP contribution in [0.25, 0.3) is 0 Å². The van der Waals surface area contributed by atoms with Crippen molar-refractivity contribution < 1.29 is 8.42 Å². The Kier molecular flexibility index (Phi) is 8.24. The van der Waals surface area contributed by atoms with Gasteiger partial charge in [0.15, 0.2) is 0 Å². The minimum atomic E-state index is -3.60. The molecular weight excluding hydrogens is 430 g/mol. The molecule has 3 aromatic carbocycles. The standard InChI is InChI=1S/C27H33NO2SSi/c1-23-17-19-26(20-18-23)31(29,30)28-27(25-14-8-5-9-15-25)16-10-11-21-32(2,3)22-24-12-6-4-7-13-24/h4-9,11-15,17-21,27-28H,10,16,22H2,1-3H3/b21-11+. The lowest BCUT2D eigenvalue weighted by atomic mass is 10.0. The number of nitrogens with one attached hydrogen (secondary N) is 1. The Labute approximate surface area is 194 Å². The summed E-state index contributed by atoms with van der Waals surface area (Å²) in [6, 6.07) is 28.3. The van der Waals surface area contributed by atoms with Gasteiger partial charge in [-0.25, -0.2) is 13.1 Å². The van der Waals surface area contributed by atoms with Gasteiger partial charge in [0, 0.05) is 6.04 Å². The molecule has 3 nitrogen and oxygen atoms in total. The lowest BCUT2D eigenvalue weighted by Gasteiger charge is -2.20. The average Bonchev–Trinajstić information content (AvgIpc) is 2.77. The van der Waals surface area contributed by atoms with Crippen molar-refractivity contribution in [2.24, 2.45) is 0 Å². The van der Waals surface area contributed by atoms with E-state index in [1.807, 2.05) is 49.4 Å². The summed E-state index contributed by atoms with van der Waals surface area (Å²) in [5.41, 5.74) is 5.78. The minimum absolute atomic E-state index is 0.272. The molecule has 0 saturated heterocycles. The Balaban J connectivity index is 1.69. The van der Waals surface area contributed by atoms with E-state index in [1.165, 1.54) is 5.56 Å². The minimum Gasteiger partial charge on any atom is -0.207 e.